The summed E-state index contributed by atoms with van der Waals surface area (Å²) in [6, 6.07) is 7.51. The van der Waals surface area contributed by atoms with Crippen molar-refractivity contribution in [3.05, 3.63) is 40.3 Å². The van der Waals surface area contributed by atoms with Gasteiger partial charge >= 0.3 is 11.9 Å². The standard InChI is InChI=1S/C24H28N4O6S2/c1-6-28-20(15-11-9-10-12-16(15)32-5)26-27-24(28)35-13-17(29)25-21-18(22(30)33-7-2)14(4)19(36-21)23(31)34-8-3/h9-12H,6-8,13H2,1-5H3,(H,25,29). The molecule has 10 nitrogen and oxygen atoms in total. The summed E-state index contributed by atoms with van der Waals surface area (Å²) in [5.41, 5.74) is 1.36. The normalized spacial score (nSPS) is 10.7. The van der Waals surface area contributed by atoms with Gasteiger partial charge in [0.15, 0.2) is 11.0 Å². The molecule has 0 atom stereocenters. The van der Waals surface area contributed by atoms with Crippen molar-refractivity contribution in [2.45, 2.75) is 39.4 Å². The second-order valence-electron chi connectivity index (χ2n) is 7.29. The third-order valence-electron chi connectivity index (χ3n) is 5.05. The maximum atomic E-state index is 12.8. The summed E-state index contributed by atoms with van der Waals surface area (Å²) < 4.78 is 17.6. The number of hydrogen-bond donors (Lipinski definition) is 1. The van der Waals surface area contributed by atoms with E-state index in [1.165, 1.54) is 11.8 Å². The van der Waals surface area contributed by atoms with E-state index >= 15 is 0 Å². The highest BCUT2D eigenvalue weighted by molar-refractivity contribution is 7.99. The molecule has 192 valence electrons. The van der Waals surface area contributed by atoms with Gasteiger partial charge < -0.3 is 24.1 Å². The smallest absolute Gasteiger partial charge is 0.348 e. The maximum Gasteiger partial charge on any atom is 0.348 e. The lowest BCUT2D eigenvalue weighted by Gasteiger charge is -2.10. The summed E-state index contributed by atoms with van der Waals surface area (Å²) in [7, 11) is 1.59. The van der Waals surface area contributed by atoms with E-state index in [0.29, 0.717) is 28.8 Å². The number of anilines is 1. The van der Waals surface area contributed by atoms with Gasteiger partial charge in [-0.15, -0.1) is 21.5 Å². The molecule has 0 unspecified atom stereocenters. The Bertz CT molecular complexity index is 1250. The summed E-state index contributed by atoms with van der Waals surface area (Å²) >= 11 is 2.20. The molecule has 0 spiro atoms. The van der Waals surface area contributed by atoms with E-state index in [0.717, 1.165) is 16.9 Å². The molecule has 2 heterocycles. The summed E-state index contributed by atoms with van der Waals surface area (Å²) in [6.45, 7) is 7.91. The Balaban J connectivity index is 1.80. The molecule has 0 radical (unpaired) electrons. The van der Waals surface area contributed by atoms with Gasteiger partial charge in [-0.1, -0.05) is 23.9 Å². The summed E-state index contributed by atoms with van der Waals surface area (Å²) in [5, 5.41) is 12.1. The van der Waals surface area contributed by atoms with Crippen molar-refractivity contribution in [1.29, 1.82) is 0 Å². The van der Waals surface area contributed by atoms with Crippen LogP contribution in [0, 0.1) is 6.92 Å². The van der Waals surface area contributed by atoms with Gasteiger partial charge in [-0.2, -0.15) is 0 Å². The van der Waals surface area contributed by atoms with Crippen LogP contribution in [0.3, 0.4) is 0 Å². The quantitative estimate of drug-likeness (QED) is 0.282. The number of nitrogens with one attached hydrogen (secondary N) is 1. The van der Waals surface area contributed by atoms with Crippen LogP contribution in [0.4, 0.5) is 5.00 Å². The van der Waals surface area contributed by atoms with Crippen LogP contribution in [0.25, 0.3) is 11.4 Å². The molecule has 1 N–H and O–H groups in total. The molecule has 1 aromatic carbocycles. The molecule has 0 aliphatic rings. The van der Waals surface area contributed by atoms with Gasteiger partial charge in [0, 0.05) is 6.54 Å². The molecule has 1 amide bonds. The molecule has 3 aromatic rings. The van der Waals surface area contributed by atoms with Gasteiger partial charge in [-0.05, 0) is 45.4 Å². The fraction of sp³-hybridized carbons (Fsp3) is 0.375. The van der Waals surface area contributed by atoms with Gasteiger partial charge in [0.05, 0.1) is 37.2 Å². The number of thioether (sulfide) groups is 1. The summed E-state index contributed by atoms with van der Waals surface area (Å²) in [4.78, 5) is 38.0. The topological polar surface area (TPSA) is 122 Å². The molecular weight excluding hydrogens is 504 g/mol. The number of aromatic nitrogens is 3. The molecule has 0 fully saturated rings. The number of methoxy groups -OCH3 is 1. The molecule has 12 heteroatoms. The van der Waals surface area contributed by atoms with Crippen molar-refractivity contribution < 1.29 is 28.6 Å². The number of hydrogen-bond acceptors (Lipinski definition) is 10. The number of carbonyl (C=O) groups excluding carboxylic acids is 3. The second-order valence-corrected chi connectivity index (χ2v) is 9.25. The summed E-state index contributed by atoms with van der Waals surface area (Å²) in [5.74, 6) is -0.219. The molecule has 3 rings (SSSR count). The predicted molar refractivity (Wildman–Crippen MR) is 138 cm³/mol. The molecular formula is C24H28N4O6S2. The molecule has 0 aliphatic carbocycles. The lowest BCUT2D eigenvalue weighted by atomic mass is 10.1. The van der Waals surface area contributed by atoms with E-state index in [1.807, 2.05) is 35.8 Å². The Kier molecular flexibility index (Phi) is 9.48. The van der Waals surface area contributed by atoms with Gasteiger partial charge in [0.1, 0.15) is 15.6 Å². The van der Waals surface area contributed by atoms with Crippen LogP contribution in [0.5, 0.6) is 5.75 Å². The largest absolute Gasteiger partial charge is 0.496 e. The first-order valence-electron chi connectivity index (χ1n) is 11.3. The van der Waals surface area contributed by atoms with Crippen LogP contribution in [0.1, 0.15) is 46.4 Å². The lowest BCUT2D eigenvalue weighted by molar-refractivity contribution is -0.113. The van der Waals surface area contributed by atoms with Crippen LogP contribution in [-0.2, 0) is 20.8 Å². The van der Waals surface area contributed by atoms with Crippen LogP contribution < -0.4 is 10.1 Å². The third kappa shape index (κ3) is 5.88. The first-order valence-corrected chi connectivity index (χ1v) is 13.1. The third-order valence-corrected chi connectivity index (χ3v) is 7.21. The Morgan fingerprint density at radius 2 is 1.75 bits per heavy atom. The molecule has 2 aromatic heterocycles. The Morgan fingerprint density at radius 1 is 1.06 bits per heavy atom. The molecule has 0 aliphatic heterocycles. The number of carbonyl (C=O) groups is 3. The zero-order valence-electron chi connectivity index (χ0n) is 20.7. The van der Waals surface area contributed by atoms with E-state index in [-0.39, 0.29) is 40.3 Å². The molecule has 0 saturated carbocycles. The average molecular weight is 533 g/mol. The first kappa shape index (κ1) is 27.2. The van der Waals surface area contributed by atoms with Crippen molar-refractivity contribution >= 4 is 45.9 Å². The van der Waals surface area contributed by atoms with Crippen molar-refractivity contribution in [2.24, 2.45) is 0 Å². The minimum Gasteiger partial charge on any atom is -0.496 e. The van der Waals surface area contributed by atoms with Crippen molar-refractivity contribution in [3.8, 4) is 17.1 Å². The number of para-hydroxylation sites is 1. The molecule has 0 bridgehead atoms. The van der Waals surface area contributed by atoms with Gasteiger partial charge in [-0.25, -0.2) is 9.59 Å². The average Bonchev–Trinajstić information content (AvgIpc) is 3.43. The van der Waals surface area contributed by atoms with E-state index in [2.05, 4.69) is 15.5 Å². The van der Waals surface area contributed by atoms with Crippen molar-refractivity contribution in [3.63, 3.8) is 0 Å². The number of amides is 1. The van der Waals surface area contributed by atoms with E-state index in [9.17, 15) is 14.4 Å². The highest BCUT2D eigenvalue weighted by atomic mass is 32.2. The molecule has 0 saturated heterocycles. The zero-order valence-corrected chi connectivity index (χ0v) is 22.4. The van der Waals surface area contributed by atoms with Crippen LogP contribution in [0.2, 0.25) is 0 Å². The summed E-state index contributed by atoms with van der Waals surface area (Å²) in [6.07, 6.45) is 0. The first-order chi connectivity index (χ1) is 17.4. The van der Waals surface area contributed by atoms with Crippen LogP contribution in [-0.4, -0.2) is 58.7 Å². The number of thiophene rings is 1. The number of rotatable bonds is 11. The van der Waals surface area contributed by atoms with E-state index < -0.39 is 11.9 Å². The second kappa shape index (κ2) is 12.5. The van der Waals surface area contributed by atoms with Gasteiger partial charge in [0.25, 0.3) is 0 Å². The number of nitrogens with zero attached hydrogens (tertiary/aromatic N) is 3. The van der Waals surface area contributed by atoms with Gasteiger partial charge in [-0.3, -0.25) is 4.79 Å². The van der Waals surface area contributed by atoms with Crippen molar-refractivity contribution in [2.75, 3.05) is 31.4 Å². The number of esters is 2. The zero-order chi connectivity index (χ0) is 26.2. The number of benzene rings is 1. The lowest BCUT2D eigenvalue weighted by Crippen LogP contribution is -2.17. The van der Waals surface area contributed by atoms with Crippen LogP contribution >= 0.6 is 23.1 Å². The fourth-order valence-electron chi connectivity index (χ4n) is 3.44. The van der Waals surface area contributed by atoms with Gasteiger partial charge in [0.2, 0.25) is 5.91 Å². The highest BCUT2D eigenvalue weighted by Gasteiger charge is 2.27. The minimum atomic E-state index is -0.614. The van der Waals surface area contributed by atoms with E-state index in [1.54, 1.807) is 27.9 Å². The maximum absolute atomic E-state index is 12.8. The fourth-order valence-corrected chi connectivity index (χ4v) is 5.35. The minimum absolute atomic E-state index is 0.0119. The van der Waals surface area contributed by atoms with Crippen LogP contribution in [0.15, 0.2) is 29.4 Å². The Labute approximate surface area is 217 Å². The van der Waals surface area contributed by atoms with E-state index in [4.69, 9.17) is 14.2 Å². The predicted octanol–water partition coefficient (Wildman–Crippen LogP) is 4.43. The molecule has 36 heavy (non-hydrogen) atoms. The Morgan fingerprint density at radius 3 is 2.42 bits per heavy atom. The SMILES string of the molecule is CCOC(=O)c1sc(NC(=O)CSc2nnc(-c3ccccc3OC)n2CC)c(C(=O)OCC)c1C. The monoisotopic (exact) mass is 532 g/mol. The van der Waals surface area contributed by atoms with Crippen molar-refractivity contribution in [1.82, 2.24) is 14.8 Å². The Hall–Kier alpha value is -3.38. The number of ether oxygens (including phenoxy) is 3. The highest BCUT2D eigenvalue weighted by Crippen LogP contribution is 2.35.